The second-order valence-electron chi connectivity index (χ2n) is 8.58. The van der Waals surface area contributed by atoms with Crippen LogP contribution in [0, 0.1) is 5.82 Å². The highest BCUT2D eigenvalue weighted by atomic mass is 35.5. The van der Waals surface area contributed by atoms with E-state index in [1.54, 1.807) is 50.2 Å². The van der Waals surface area contributed by atoms with Crippen molar-refractivity contribution >= 4 is 39.1 Å². The molecule has 0 aliphatic rings. The zero-order valence-corrected chi connectivity index (χ0v) is 23.5. The highest BCUT2D eigenvalue weighted by Crippen LogP contribution is 2.27. The van der Waals surface area contributed by atoms with Gasteiger partial charge in [-0.15, -0.1) is 0 Å². The SMILES string of the molecule is CCNC(=O)[C@@H](C)N(Cc1ccccc1Cl)C(=O)CN(c1ccc(OCC)cc1)S(=O)(=O)c1ccc(F)cc1. The van der Waals surface area contributed by atoms with Crippen molar-refractivity contribution < 1.29 is 27.1 Å². The van der Waals surface area contributed by atoms with Crippen molar-refractivity contribution in [3.8, 4) is 5.75 Å². The smallest absolute Gasteiger partial charge is 0.264 e. The number of sulfonamides is 1. The lowest BCUT2D eigenvalue weighted by molar-refractivity contribution is -0.139. The molecular weight excluding hydrogens is 545 g/mol. The fraction of sp³-hybridized carbons (Fsp3) is 0.286. The Kier molecular flexibility index (Phi) is 10.3. The summed E-state index contributed by atoms with van der Waals surface area (Å²) < 4.78 is 47.4. The summed E-state index contributed by atoms with van der Waals surface area (Å²) in [6.07, 6.45) is 0. The van der Waals surface area contributed by atoms with Crippen LogP contribution in [0.25, 0.3) is 0 Å². The summed E-state index contributed by atoms with van der Waals surface area (Å²) in [5.41, 5.74) is 0.789. The number of hydrogen-bond acceptors (Lipinski definition) is 5. The maximum atomic E-state index is 13.8. The Hall–Kier alpha value is -3.63. The lowest BCUT2D eigenvalue weighted by atomic mass is 10.1. The second kappa shape index (κ2) is 13.4. The summed E-state index contributed by atoms with van der Waals surface area (Å²) in [5, 5.41) is 3.10. The number of hydrogen-bond donors (Lipinski definition) is 1. The quantitative estimate of drug-likeness (QED) is 0.340. The van der Waals surface area contributed by atoms with Crippen molar-refractivity contribution in [1.29, 1.82) is 0 Å². The van der Waals surface area contributed by atoms with Crippen LogP contribution in [0.5, 0.6) is 5.75 Å². The summed E-state index contributed by atoms with van der Waals surface area (Å²) in [5.74, 6) is -1.10. The van der Waals surface area contributed by atoms with Gasteiger partial charge in [-0.1, -0.05) is 29.8 Å². The molecule has 0 aromatic heterocycles. The van der Waals surface area contributed by atoms with Gasteiger partial charge in [0.2, 0.25) is 11.8 Å². The van der Waals surface area contributed by atoms with Gasteiger partial charge in [0.15, 0.2) is 0 Å². The third-order valence-corrected chi connectivity index (χ3v) is 8.09. The molecule has 1 atom stereocenters. The van der Waals surface area contributed by atoms with Crippen LogP contribution in [-0.4, -0.2) is 50.9 Å². The van der Waals surface area contributed by atoms with Gasteiger partial charge in [-0.25, -0.2) is 12.8 Å². The van der Waals surface area contributed by atoms with Gasteiger partial charge < -0.3 is 15.0 Å². The molecule has 11 heteroatoms. The van der Waals surface area contributed by atoms with Crippen LogP contribution in [0.15, 0.2) is 77.7 Å². The Bertz CT molecular complexity index is 1390. The van der Waals surface area contributed by atoms with E-state index < -0.39 is 40.2 Å². The Morgan fingerprint density at radius 2 is 1.64 bits per heavy atom. The van der Waals surface area contributed by atoms with E-state index in [1.165, 1.54) is 17.0 Å². The lowest BCUT2D eigenvalue weighted by Crippen LogP contribution is -2.51. The number of benzene rings is 3. The number of amides is 2. The van der Waals surface area contributed by atoms with Crippen molar-refractivity contribution in [2.45, 2.75) is 38.3 Å². The van der Waals surface area contributed by atoms with Crippen LogP contribution < -0.4 is 14.4 Å². The summed E-state index contributed by atoms with van der Waals surface area (Å²) in [6.45, 7) is 5.27. The third-order valence-electron chi connectivity index (χ3n) is 5.93. The molecule has 0 aliphatic carbocycles. The average Bonchev–Trinajstić information content (AvgIpc) is 2.92. The summed E-state index contributed by atoms with van der Waals surface area (Å²) >= 11 is 6.34. The first-order valence-corrected chi connectivity index (χ1v) is 14.2. The Morgan fingerprint density at radius 1 is 1.00 bits per heavy atom. The van der Waals surface area contributed by atoms with Gasteiger partial charge >= 0.3 is 0 Å². The van der Waals surface area contributed by atoms with Crippen LogP contribution in [0.2, 0.25) is 5.02 Å². The monoisotopic (exact) mass is 575 g/mol. The number of ether oxygens (including phenoxy) is 1. The van der Waals surface area contributed by atoms with Gasteiger partial charge in [-0.05, 0) is 80.9 Å². The number of halogens is 2. The van der Waals surface area contributed by atoms with E-state index in [0.717, 1.165) is 28.6 Å². The minimum Gasteiger partial charge on any atom is -0.494 e. The minimum absolute atomic E-state index is 0.0233. The number of anilines is 1. The lowest BCUT2D eigenvalue weighted by Gasteiger charge is -2.32. The molecule has 0 spiro atoms. The van der Waals surface area contributed by atoms with Crippen LogP contribution in [0.1, 0.15) is 26.3 Å². The maximum Gasteiger partial charge on any atom is 0.264 e. The number of carbonyl (C=O) groups is 2. The molecule has 2 amide bonds. The zero-order chi connectivity index (χ0) is 28.6. The number of nitrogens with one attached hydrogen (secondary N) is 1. The van der Waals surface area contributed by atoms with Gasteiger partial charge in [-0.2, -0.15) is 0 Å². The Labute approximate surface area is 233 Å². The van der Waals surface area contributed by atoms with Gasteiger partial charge in [0.25, 0.3) is 10.0 Å². The van der Waals surface area contributed by atoms with Crippen molar-refractivity contribution in [3.63, 3.8) is 0 Å². The molecule has 1 N–H and O–H groups in total. The first-order valence-electron chi connectivity index (χ1n) is 12.4. The largest absolute Gasteiger partial charge is 0.494 e. The highest BCUT2D eigenvalue weighted by molar-refractivity contribution is 7.92. The predicted molar refractivity (Wildman–Crippen MR) is 149 cm³/mol. The van der Waals surface area contributed by atoms with E-state index in [9.17, 15) is 22.4 Å². The Balaban J connectivity index is 2.04. The number of nitrogens with zero attached hydrogens (tertiary/aromatic N) is 2. The van der Waals surface area contributed by atoms with Crippen LogP contribution in [0.3, 0.4) is 0 Å². The van der Waals surface area contributed by atoms with E-state index in [-0.39, 0.29) is 17.1 Å². The predicted octanol–water partition coefficient (Wildman–Crippen LogP) is 4.63. The molecule has 0 radical (unpaired) electrons. The van der Waals surface area contributed by atoms with Gasteiger partial charge in [0.1, 0.15) is 24.2 Å². The highest BCUT2D eigenvalue weighted by Gasteiger charge is 2.32. The molecule has 3 aromatic carbocycles. The van der Waals surface area contributed by atoms with Crippen molar-refractivity contribution in [3.05, 3.63) is 89.2 Å². The van der Waals surface area contributed by atoms with Gasteiger partial charge in [0, 0.05) is 18.1 Å². The first-order chi connectivity index (χ1) is 18.6. The molecule has 0 saturated carbocycles. The van der Waals surface area contributed by atoms with Crippen molar-refractivity contribution in [2.24, 2.45) is 0 Å². The third kappa shape index (κ3) is 7.48. The first kappa shape index (κ1) is 29.9. The summed E-state index contributed by atoms with van der Waals surface area (Å²) in [7, 11) is -4.31. The molecule has 3 aromatic rings. The number of carbonyl (C=O) groups excluding carboxylic acids is 2. The molecule has 208 valence electrons. The molecule has 3 rings (SSSR count). The molecule has 8 nitrogen and oxygen atoms in total. The van der Waals surface area contributed by atoms with Crippen LogP contribution in [-0.2, 0) is 26.2 Å². The Morgan fingerprint density at radius 3 is 2.23 bits per heavy atom. The van der Waals surface area contributed by atoms with E-state index in [2.05, 4.69) is 5.32 Å². The minimum atomic E-state index is -4.31. The molecule has 0 heterocycles. The summed E-state index contributed by atoms with van der Waals surface area (Å²) in [6, 6.07) is 16.5. The number of rotatable bonds is 12. The van der Waals surface area contributed by atoms with Gasteiger partial charge in [0.05, 0.1) is 17.2 Å². The summed E-state index contributed by atoms with van der Waals surface area (Å²) in [4.78, 5) is 27.6. The normalized spacial score (nSPS) is 11.9. The van der Waals surface area contributed by atoms with Crippen molar-refractivity contribution in [2.75, 3.05) is 24.0 Å². The van der Waals surface area contributed by atoms with E-state index in [0.29, 0.717) is 29.5 Å². The molecule has 0 fully saturated rings. The molecule has 0 unspecified atom stereocenters. The second-order valence-corrected chi connectivity index (χ2v) is 10.8. The van der Waals surface area contributed by atoms with Crippen molar-refractivity contribution in [1.82, 2.24) is 10.2 Å². The van der Waals surface area contributed by atoms with E-state index >= 15 is 0 Å². The van der Waals surface area contributed by atoms with Crippen LogP contribution in [0.4, 0.5) is 10.1 Å². The molecule has 0 aliphatic heterocycles. The fourth-order valence-electron chi connectivity index (χ4n) is 3.85. The maximum absolute atomic E-state index is 13.8. The average molecular weight is 576 g/mol. The topological polar surface area (TPSA) is 96.0 Å². The molecule has 0 saturated heterocycles. The molecule has 39 heavy (non-hydrogen) atoms. The zero-order valence-electron chi connectivity index (χ0n) is 21.9. The molecular formula is C28H31ClFN3O5S. The molecule has 0 bridgehead atoms. The van der Waals surface area contributed by atoms with Gasteiger partial charge in [-0.3, -0.25) is 13.9 Å². The van der Waals surface area contributed by atoms with E-state index in [1.807, 2.05) is 6.92 Å². The van der Waals surface area contributed by atoms with E-state index in [4.69, 9.17) is 16.3 Å². The number of likely N-dealkylation sites (N-methyl/N-ethyl adjacent to an activating group) is 1. The van der Waals surface area contributed by atoms with Crippen LogP contribution >= 0.6 is 11.6 Å². The standard InChI is InChI=1S/C28H31ClFN3O5S/c1-4-31-28(35)20(3)32(18-21-8-6-7-9-26(21)29)27(34)19-33(23-12-14-24(15-13-23)38-5-2)39(36,37)25-16-10-22(30)11-17-25/h6-17,20H,4-5,18-19H2,1-3H3,(H,31,35)/t20-/m1/s1. The fourth-order valence-corrected chi connectivity index (χ4v) is 5.46.